The summed E-state index contributed by atoms with van der Waals surface area (Å²) in [6.45, 7) is 3.94. The number of benzene rings is 1. The van der Waals surface area contributed by atoms with Crippen LogP contribution < -0.4 is 10.6 Å². The molecule has 0 bridgehead atoms. The van der Waals surface area contributed by atoms with Gasteiger partial charge in [0.25, 0.3) is 0 Å². The van der Waals surface area contributed by atoms with Crippen LogP contribution in [0.5, 0.6) is 0 Å². The fraction of sp³-hybridized carbons (Fsp3) is 0.421. The molecule has 4 rings (SSSR count). The number of aromatic nitrogens is 2. The molecular formula is C19H22N4O. The number of nitrogens with zero attached hydrogens (tertiary/aromatic N) is 2. The second-order valence-corrected chi connectivity index (χ2v) is 6.93. The maximum Gasteiger partial charge on any atom is 0.228 e. The molecule has 2 fully saturated rings. The number of rotatable bonds is 3. The monoisotopic (exact) mass is 322 g/mol. The van der Waals surface area contributed by atoms with E-state index in [0.29, 0.717) is 0 Å². The van der Waals surface area contributed by atoms with Crippen LogP contribution in [0.1, 0.15) is 25.1 Å². The zero-order chi connectivity index (χ0) is 16.6. The molecule has 2 aromatic rings. The fourth-order valence-corrected chi connectivity index (χ4v) is 3.80. The molecule has 2 aliphatic rings. The van der Waals surface area contributed by atoms with E-state index in [-0.39, 0.29) is 17.2 Å². The maximum absolute atomic E-state index is 12.6. The highest BCUT2D eigenvalue weighted by Gasteiger charge is 2.57. The third-order valence-corrected chi connectivity index (χ3v) is 5.31. The molecule has 1 amide bonds. The second kappa shape index (κ2) is 5.98. The number of hydrogen-bond donors (Lipinski definition) is 2. The van der Waals surface area contributed by atoms with Crippen LogP contribution in [-0.4, -0.2) is 29.0 Å². The molecule has 5 heteroatoms. The van der Waals surface area contributed by atoms with E-state index in [9.17, 15) is 4.79 Å². The van der Waals surface area contributed by atoms with Gasteiger partial charge in [0.1, 0.15) is 5.82 Å². The standard InChI is InChI=1S/C19H22N4O/c1-13-21-8-5-17(22-13)14-3-2-4-15(11-14)23-18(24)16-12-19(16)6-9-20-10-7-19/h2-5,8,11,16,20H,6-7,9-10,12H2,1H3,(H,23,24). The van der Waals surface area contributed by atoms with E-state index in [1.54, 1.807) is 6.20 Å². The minimum absolute atomic E-state index is 0.160. The van der Waals surface area contributed by atoms with E-state index in [1.165, 1.54) is 0 Å². The van der Waals surface area contributed by atoms with E-state index >= 15 is 0 Å². The normalized spacial score (nSPS) is 21.5. The van der Waals surface area contributed by atoms with Gasteiger partial charge in [0.05, 0.1) is 5.69 Å². The summed E-state index contributed by atoms with van der Waals surface area (Å²) in [6.07, 6.45) is 5.02. The van der Waals surface area contributed by atoms with Crippen LogP contribution in [0.25, 0.3) is 11.3 Å². The van der Waals surface area contributed by atoms with Crippen molar-refractivity contribution in [2.24, 2.45) is 11.3 Å². The summed E-state index contributed by atoms with van der Waals surface area (Å²) >= 11 is 0. The van der Waals surface area contributed by atoms with E-state index in [1.807, 2.05) is 37.3 Å². The molecule has 0 radical (unpaired) electrons. The van der Waals surface area contributed by atoms with Crippen molar-refractivity contribution < 1.29 is 4.79 Å². The first-order chi connectivity index (χ1) is 11.7. The van der Waals surface area contributed by atoms with Gasteiger partial charge in [-0.2, -0.15) is 0 Å². The number of carbonyl (C=O) groups is 1. The zero-order valence-electron chi connectivity index (χ0n) is 13.9. The Morgan fingerprint density at radius 3 is 2.92 bits per heavy atom. The molecule has 1 unspecified atom stereocenters. The lowest BCUT2D eigenvalue weighted by molar-refractivity contribution is -0.118. The summed E-state index contributed by atoms with van der Waals surface area (Å²) in [4.78, 5) is 21.2. The number of nitrogens with one attached hydrogen (secondary N) is 2. The van der Waals surface area contributed by atoms with E-state index in [2.05, 4.69) is 20.6 Å². The minimum atomic E-state index is 0.160. The highest BCUT2D eigenvalue weighted by molar-refractivity contribution is 5.95. The van der Waals surface area contributed by atoms with Gasteiger partial charge in [0.2, 0.25) is 5.91 Å². The van der Waals surface area contributed by atoms with E-state index < -0.39 is 0 Å². The molecule has 2 heterocycles. The molecule has 1 aromatic carbocycles. The fourth-order valence-electron chi connectivity index (χ4n) is 3.80. The number of piperidine rings is 1. The number of anilines is 1. The van der Waals surface area contributed by atoms with Crippen LogP contribution in [0.3, 0.4) is 0 Å². The molecule has 1 saturated heterocycles. The van der Waals surface area contributed by atoms with Gasteiger partial charge in [-0.3, -0.25) is 4.79 Å². The number of hydrogen-bond acceptors (Lipinski definition) is 4. The van der Waals surface area contributed by atoms with Gasteiger partial charge in [0, 0.05) is 23.4 Å². The molecule has 1 aliphatic heterocycles. The molecule has 1 aliphatic carbocycles. The van der Waals surface area contributed by atoms with Crippen molar-refractivity contribution in [1.29, 1.82) is 0 Å². The van der Waals surface area contributed by atoms with Crippen molar-refractivity contribution in [2.45, 2.75) is 26.2 Å². The average Bonchev–Trinajstić information content (AvgIpc) is 3.29. The maximum atomic E-state index is 12.6. The SMILES string of the molecule is Cc1nccc(-c2cccc(NC(=O)C3CC34CCNCC4)c2)n1. The predicted octanol–water partition coefficient (Wildman–Crippen LogP) is 2.78. The molecule has 2 N–H and O–H groups in total. The molecule has 24 heavy (non-hydrogen) atoms. The molecule has 5 nitrogen and oxygen atoms in total. The molecule has 124 valence electrons. The summed E-state index contributed by atoms with van der Waals surface area (Å²) in [6, 6.07) is 9.77. The van der Waals surface area contributed by atoms with Gasteiger partial charge in [-0.15, -0.1) is 0 Å². The summed E-state index contributed by atoms with van der Waals surface area (Å²) in [5.74, 6) is 1.07. The highest BCUT2D eigenvalue weighted by Crippen LogP contribution is 2.58. The minimum Gasteiger partial charge on any atom is -0.326 e. The van der Waals surface area contributed by atoms with Crippen molar-refractivity contribution in [1.82, 2.24) is 15.3 Å². The van der Waals surface area contributed by atoms with Crippen molar-refractivity contribution in [3.05, 3.63) is 42.4 Å². The smallest absolute Gasteiger partial charge is 0.228 e. The third kappa shape index (κ3) is 2.91. The van der Waals surface area contributed by atoms with Crippen LogP contribution >= 0.6 is 0 Å². The van der Waals surface area contributed by atoms with E-state index in [4.69, 9.17) is 0 Å². The molecule has 1 spiro atoms. The Morgan fingerprint density at radius 2 is 2.12 bits per heavy atom. The first-order valence-corrected chi connectivity index (χ1v) is 8.58. The molecular weight excluding hydrogens is 300 g/mol. The first kappa shape index (κ1) is 15.3. The highest BCUT2D eigenvalue weighted by atomic mass is 16.2. The summed E-state index contributed by atoms with van der Waals surface area (Å²) in [5.41, 5.74) is 2.96. The average molecular weight is 322 g/mol. The summed E-state index contributed by atoms with van der Waals surface area (Å²) < 4.78 is 0. The largest absolute Gasteiger partial charge is 0.326 e. The van der Waals surface area contributed by atoms with Crippen molar-refractivity contribution >= 4 is 11.6 Å². The predicted molar refractivity (Wildman–Crippen MR) is 93.5 cm³/mol. The van der Waals surface area contributed by atoms with Gasteiger partial charge in [-0.1, -0.05) is 12.1 Å². The molecule has 1 atom stereocenters. The van der Waals surface area contributed by atoms with Gasteiger partial charge >= 0.3 is 0 Å². The van der Waals surface area contributed by atoms with E-state index in [0.717, 1.165) is 55.1 Å². The lowest BCUT2D eigenvalue weighted by Crippen LogP contribution is -2.31. The second-order valence-electron chi connectivity index (χ2n) is 6.93. The molecule has 1 saturated carbocycles. The van der Waals surface area contributed by atoms with Gasteiger partial charge < -0.3 is 10.6 Å². The van der Waals surface area contributed by atoms with Gasteiger partial charge in [-0.25, -0.2) is 9.97 Å². The Hall–Kier alpha value is -2.27. The Kier molecular flexibility index (Phi) is 3.81. The summed E-state index contributed by atoms with van der Waals surface area (Å²) in [7, 11) is 0. The van der Waals surface area contributed by atoms with Crippen LogP contribution in [0.15, 0.2) is 36.5 Å². The Labute approximate surface area is 141 Å². The summed E-state index contributed by atoms with van der Waals surface area (Å²) in [5, 5.41) is 6.47. The number of amides is 1. The van der Waals surface area contributed by atoms with Crippen molar-refractivity contribution in [3.8, 4) is 11.3 Å². The Balaban J connectivity index is 1.47. The quantitative estimate of drug-likeness (QED) is 0.912. The van der Waals surface area contributed by atoms with Crippen molar-refractivity contribution in [3.63, 3.8) is 0 Å². The van der Waals surface area contributed by atoms with Crippen molar-refractivity contribution in [2.75, 3.05) is 18.4 Å². The van der Waals surface area contributed by atoms with Crippen LogP contribution in [0.2, 0.25) is 0 Å². The van der Waals surface area contributed by atoms with Crippen LogP contribution in [-0.2, 0) is 4.79 Å². The Bertz CT molecular complexity index is 767. The van der Waals surface area contributed by atoms with Gasteiger partial charge in [0.15, 0.2) is 0 Å². The topological polar surface area (TPSA) is 66.9 Å². The lowest BCUT2D eigenvalue weighted by Gasteiger charge is -2.23. The number of carbonyl (C=O) groups excluding carboxylic acids is 1. The first-order valence-electron chi connectivity index (χ1n) is 8.58. The molecule has 1 aromatic heterocycles. The third-order valence-electron chi connectivity index (χ3n) is 5.31. The van der Waals surface area contributed by atoms with Crippen LogP contribution in [0, 0.1) is 18.3 Å². The van der Waals surface area contributed by atoms with Crippen LogP contribution in [0.4, 0.5) is 5.69 Å². The van der Waals surface area contributed by atoms with Gasteiger partial charge in [-0.05, 0) is 62.9 Å². The number of aryl methyl sites for hydroxylation is 1. The zero-order valence-corrected chi connectivity index (χ0v) is 13.9. The lowest BCUT2D eigenvalue weighted by atomic mass is 9.92. The Morgan fingerprint density at radius 1 is 1.29 bits per heavy atom.